The Morgan fingerprint density at radius 2 is 1.55 bits per heavy atom. The summed E-state index contributed by atoms with van der Waals surface area (Å²) in [5.74, 6) is -3.53. The summed E-state index contributed by atoms with van der Waals surface area (Å²) in [6.45, 7) is 0.183. The van der Waals surface area contributed by atoms with Crippen molar-refractivity contribution in [2.24, 2.45) is 0 Å². The molecule has 5 N–H and O–H groups in total. The Bertz CT molecular complexity index is 1230. The van der Waals surface area contributed by atoms with E-state index in [0.29, 0.717) is 6.54 Å². The summed E-state index contributed by atoms with van der Waals surface area (Å²) in [6.07, 6.45) is 4.17. The molecule has 14 nitrogen and oxygen atoms in total. The minimum atomic E-state index is -0.991. The molecular formula is C28H35N7O7. The molecule has 0 spiro atoms. The van der Waals surface area contributed by atoms with E-state index in [0.717, 1.165) is 42.0 Å². The average Bonchev–Trinajstić information content (AvgIpc) is 3.33. The van der Waals surface area contributed by atoms with Gasteiger partial charge in [0.05, 0.1) is 19.6 Å². The zero-order valence-electron chi connectivity index (χ0n) is 23.1. The molecule has 1 aromatic rings. The topological polar surface area (TPSA) is 186 Å². The fourth-order valence-electron chi connectivity index (χ4n) is 5.08. The van der Waals surface area contributed by atoms with Crippen LogP contribution in [0.4, 0.5) is 0 Å². The molecule has 224 valence electrons. The third-order valence-electron chi connectivity index (χ3n) is 7.37. The number of hydrogen-bond acceptors (Lipinski definition) is 8. The minimum Gasteiger partial charge on any atom is -0.347 e. The average molecular weight is 582 g/mol. The first-order valence-electron chi connectivity index (χ1n) is 13.9. The quantitative estimate of drug-likeness (QED) is 0.156. The van der Waals surface area contributed by atoms with E-state index in [1.54, 1.807) is 17.0 Å². The molecule has 5 rings (SSSR count). The third kappa shape index (κ3) is 8.46. The molecule has 4 aliphatic heterocycles. The van der Waals surface area contributed by atoms with E-state index in [9.17, 15) is 33.6 Å². The number of amides is 7. The van der Waals surface area contributed by atoms with E-state index in [2.05, 4.69) is 26.6 Å². The van der Waals surface area contributed by atoms with E-state index >= 15 is 0 Å². The molecule has 1 aromatic carbocycles. The van der Waals surface area contributed by atoms with E-state index < -0.39 is 54.6 Å². The van der Waals surface area contributed by atoms with Gasteiger partial charge in [-0.25, -0.2) is 0 Å². The maximum atomic E-state index is 13.0. The van der Waals surface area contributed by atoms with Crippen molar-refractivity contribution in [2.45, 2.75) is 43.8 Å². The number of rotatable bonds is 13. The summed E-state index contributed by atoms with van der Waals surface area (Å²) in [6, 6.07) is 8.46. The summed E-state index contributed by atoms with van der Waals surface area (Å²) >= 11 is 0. The zero-order valence-corrected chi connectivity index (χ0v) is 23.1. The molecule has 4 heterocycles. The molecule has 3 fully saturated rings. The molecule has 4 aliphatic rings. The lowest BCUT2D eigenvalue weighted by molar-refractivity contribution is -0.138. The van der Waals surface area contributed by atoms with Crippen LogP contribution in [0, 0.1) is 0 Å². The summed E-state index contributed by atoms with van der Waals surface area (Å²) < 4.78 is 0. The van der Waals surface area contributed by atoms with Gasteiger partial charge in [-0.3, -0.25) is 38.5 Å². The molecule has 42 heavy (non-hydrogen) atoms. The molecule has 3 atom stereocenters. The van der Waals surface area contributed by atoms with Gasteiger partial charge in [0, 0.05) is 56.7 Å². The van der Waals surface area contributed by atoms with E-state index in [4.69, 9.17) is 0 Å². The number of piperidine rings is 2. The van der Waals surface area contributed by atoms with Crippen molar-refractivity contribution in [2.75, 3.05) is 39.3 Å². The fraction of sp³-hybridized carbons (Fsp3) is 0.464. The van der Waals surface area contributed by atoms with Crippen molar-refractivity contribution >= 4 is 41.4 Å². The summed E-state index contributed by atoms with van der Waals surface area (Å²) in [5, 5.41) is 13.4. The Balaban J connectivity index is 1.21. The summed E-state index contributed by atoms with van der Waals surface area (Å²) in [4.78, 5) is 88.4. The van der Waals surface area contributed by atoms with Gasteiger partial charge in [-0.05, 0) is 18.4 Å². The van der Waals surface area contributed by atoms with Gasteiger partial charge >= 0.3 is 0 Å². The van der Waals surface area contributed by atoms with Crippen molar-refractivity contribution in [3.05, 3.63) is 48.0 Å². The summed E-state index contributed by atoms with van der Waals surface area (Å²) in [7, 11) is 0. The third-order valence-corrected chi connectivity index (χ3v) is 7.37. The van der Waals surface area contributed by atoms with Crippen molar-refractivity contribution in [1.82, 2.24) is 36.4 Å². The molecule has 2 bridgehead atoms. The zero-order chi connectivity index (χ0) is 30.1. The molecule has 14 heteroatoms. The first-order chi connectivity index (χ1) is 20.2. The highest BCUT2D eigenvalue weighted by molar-refractivity contribution is 6.13. The number of carbonyl (C=O) groups excluding carboxylic acids is 7. The normalized spacial score (nSPS) is 19.8. The van der Waals surface area contributed by atoms with Crippen LogP contribution in [0.5, 0.6) is 0 Å². The summed E-state index contributed by atoms with van der Waals surface area (Å²) in [5.41, 5.74) is 0.795. The Hall–Kier alpha value is -4.59. The first-order valence-corrected chi connectivity index (χ1v) is 13.9. The van der Waals surface area contributed by atoms with Gasteiger partial charge in [0.25, 0.3) is 11.8 Å². The van der Waals surface area contributed by atoms with Crippen molar-refractivity contribution in [3.8, 4) is 0 Å². The van der Waals surface area contributed by atoms with Crippen molar-refractivity contribution < 1.29 is 33.6 Å². The molecule has 0 aliphatic carbocycles. The van der Waals surface area contributed by atoms with E-state index in [-0.39, 0.29) is 43.9 Å². The van der Waals surface area contributed by atoms with Gasteiger partial charge in [0.1, 0.15) is 6.04 Å². The smallest absolute Gasteiger partial charge is 0.253 e. The number of hydrogen-bond donors (Lipinski definition) is 5. The molecule has 3 saturated heterocycles. The van der Waals surface area contributed by atoms with Crippen LogP contribution in [0.25, 0.3) is 0 Å². The maximum absolute atomic E-state index is 13.0. The first kappa shape index (κ1) is 30.4. The van der Waals surface area contributed by atoms with Crippen LogP contribution in [0.2, 0.25) is 0 Å². The molecule has 0 radical (unpaired) electrons. The van der Waals surface area contributed by atoms with E-state index in [1.165, 1.54) is 0 Å². The Morgan fingerprint density at radius 1 is 0.857 bits per heavy atom. The van der Waals surface area contributed by atoms with Gasteiger partial charge < -0.3 is 31.5 Å². The second kappa shape index (κ2) is 14.3. The molecule has 0 saturated carbocycles. The molecule has 7 amide bonds. The second-order valence-electron chi connectivity index (χ2n) is 10.4. The van der Waals surface area contributed by atoms with Crippen LogP contribution in [-0.2, 0) is 40.0 Å². The predicted octanol–water partition coefficient (Wildman–Crippen LogP) is -2.66. The number of imide groups is 1. The lowest BCUT2D eigenvalue weighted by atomic mass is 9.93. The lowest BCUT2D eigenvalue weighted by Crippen LogP contribution is -2.63. The van der Waals surface area contributed by atoms with Crippen molar-refractivity contribution in [1.29, 1.82) is 0 Å². The molecule has 0 aromatic heterocycles. The van der Waals surface area contributed by atoms with Crippen molar-refractivity contribution in [3.63, 3.8) is 0 Å². The highest BCUT2D eigenvalue weighted by atomic mass is 16.2. The Kier molecular flexibility index (Phi) is 10.4. The highest BCUT2D eigenvalue weighted by Crippen LogP contribution is 2.22. The van der Waals surface area contributed by atoms with Crippen LogP contribution < -0.4 is 26.6 Å². The molecular weight excluding hydrogens is 546 g/mol. The van der Waals surface area contributed by atoms with Gasteiger partial charge in [0.2, 0.25) is 29.5 Å². The van der Waals surface area contributed by atoms with Crippen LogP contribution in [-0.4, -0.2) is 109 Å². The van der Waals surface area contributed by atoms with Gasteiger partial charge in [-0.2, -0.15) is 0 Å². The monoisotopic (exact) mass is 581 g/mol. The number of carbonyl (C=O) groups is 7. The largest absolute Gasteiger partial charge is 0.347 e. The lowest BCUT2D eigenvalue weighted by Gasteiger charge is -2.46. The van der Waals surface area contributed by atoms with Crippen LogP contribution in [0.15, 0.2) is 42.5 Å². The SMILES string of the molecule is O=C(CCN1C(=O)C=CC1=O)NCC(=O)NCC(=O)N[C@@H](Cc1ccccc1)C(=O)NCC(=O)N1C[C@@H]2CC[C@@H]1CN2. The fourth-order valence-corrected chi connectivity index (χ4v) is 5.08. The van der Waals surface area contributed by atoms with Crippen LogP contribution in [0.3, 0.4) is 0 Å². The Morgan fingerprint density at radius 3 is 2.19 bits per heavy atom. The number of benzene rings is 1. The number of nitrogens with zero attached hydrogens (tertiary/aromatic N) is 2. The maximum Gasteiger partial charge on any atom is 0.253 e. The van der Waals surface area contributed by atoms with Gasteiger partial charge in [-0.1, -0.05) is 30.3 Å². The Labute approximate surface area is 242 Å². The highest BCUT2D eigenvalue weighted by Gasteiger charge is 2.36. The second-order valence-corrected chi connectivity index (χ2v) is 10.4. The van der Waals surface area contributed by atoms with Gasteiger partial charge in [0.15, 0.2) is 0 Å². The number of piperazine rings is 1. The molecule has 0 unspecified atom stereocenters. The van der Waals surface area contributed by atoms with Crippen LogP contribution in [0.1, 0.15) is 24.8 Å². The predicted molar refractivity (Wildman–Crippen MR) is 148 cm³/mol. The van der Waals surface area contributed by atoms with Gasteiger partial charge in [-0.15, -0.1) is 0 Å². The standard InChI is InChI=1S/C28H35N7O7/c36-22(10-11-34-25(39)8-9-26(34)40)30-14-23(37)31-15-24(38)33-21(12-18-4-2-1-3-5-18)28(42)32-16-27(41)35-17-19-6-7-20(35)13-29-19/h1-5,8-9,19-21,29H,6-7,10-17H2,(H,30,36)(H,31,37)(H,32,42)(H,33,38)/t19-,20+,21-/m0/s1. The minimum absolute atomic E-state index is 0.114. The number of nitrogens with one attached hydrogen (secondary N) is 5. The van der Waals surface area contributed by atoms with Crippen LogP contribution >= 0.6 is 0 Å². The van der Waals surface area contributed by atoms with E-state index in [1.807, 2.05) is 18.2 Å². The number of fused-ring (bicyclic) bond motifs is 3.